The molecular formula is C36H40O6. The summed E-state index contributed by atoms with van der Waals surface area (Å²) in [6, 6.07) is 40.3. The summed E-state index contributed by atoms with van der Waals surface area (Å²) >= 11 is 0. The van der Waals surface area contributed by atoms with Crippen LogP contribution in [0.4, 0.5) is 0 Å². The van der Waals surface area contributed by atoms with E-state index in [9.17, 15) is 5.11 Å². The van der Waals surface area contributed by atoms with E-state index in [4.69, 9.17) is 23.7 Å². The van der Waals surface area contributed by atoms with Crippen molar-refractivity contribution in [3.8, 4) is 0 Å². The summed E-state index contributed by atoms with van der Waals surface area (Å²) in [7, 11) is 0. The Bertz CT molecular complexity index is 1270. The number of aliphatic hydroxyl groups excluding tert-OH is 1. The van der Waals surface area contributed by atoms with Gasteiger partial charge in [-0.25, -0.2) is 0 Å². The van der Waals surface area contributed by atoms with Crippen LogP contribution < -0.4 is 0 Å². The fourth-order valence-electron chi connectivity index (χ4n) is 5.24. The van der Waals surface area contributed by atoms with Crippen molar-refractivity contribution in [1.82, 2.24) is 0 Å². The number of ether oxygens (including phenoxy) is 5. The number of benzene rings is 4. The summed E-state index contributed by atoms with van der Waals surface area (Å²) in [4.78, 5) is 0. The highest BCUT2D eigenvalue weighted by Gasteiger charge is 2.48. The molecule has 0 amide bonds. The molecule has 1 saturated heterocycles. The Labute approximate surface area is 248 Å². The van der Waals surface area contributed by atoms with Gasteiger partial charge >= 0.3 is 0 Å². The van der Waals surface area contributed by atoms with E-state index >= 15 is 0 Å². The van der Waals surface area contributed by atoms with Gasteiger partial charge in [-0.2, -0.15) is 0 Å². The maximum atomic E-state index is 10.0. The minimum Gasteiger partial charge on any atom is -0.396 e. The second-order valence-electron chi connectivity index (χ2n) is 10.5. The van der Waals surface area contributed by atoms with E-state index in [1.165, 1.54) is 0 Å². The largest absolute Gasteiger partial charge is 0.396 e. The summed E-state index contributed by atoms with van der Waals surface area (Å²) in [6.07, 6.45) is -1.82. The minimum atomic E-state index is -0.472. The minimum absolute atomic E-state index is 0.0333. The number of rotatable bonds is 15. The first-order chi connectivity index (χ1) is 20.8. The predicted molar refractivity (Wildman–Crippen MR) is 162 cm³/mol. The molecule has 0 aliphatic carbocycles. The molecule has 0 radical (unpaired) electrons. The number of aliphatic hydroxyl groups is 1. The maximum Gasteiger partial charge on any atom is 0.115 e. The molecule has 4 aromatic rings. The average molecular weight is 569 g/mol. The molecule has 6 heteroatoms. The average Bonchev–Trinajstić information content (AvgIpc) is 3.05. The summed E-state index contributed by atoms with van der Waals surface area (Å²) < 4.78 is 32.7. The van der Waals surface area contributed by atoms with Gasteiger partial charge in [0.1, 0.15) is 24.4 Å². The Balaban J connectivity index is 1.40. The molecule has 0 bridgehead atoms. The quantitative estimate of drug-likeness (QED) is 0.187. The second-order valence-corrected chi connectivity index (χ2v) is 10.5. The number of hydrogen-bond donors (Lipinski definition) is 1. The lowest BCUT2D eigenvalue weighted by atomic mass is 9.92. The molecule has 1 aliphatic rings. The molecule has 1 aliphatic heterocycles. The first kappa shape index (κ1) is 30.1. The lowest BCUT2D eigenvalue weighted by molar-refractivity contribution is -0.274. The third kappa shape index (κ3) is 8.82. The highest BCUT2D eigenvalue weighted by molar-refractivity contribution is 5.16. The van der Waals surface area contributed by atoms with Gasteiger partial charge in [-0.3, -0.25) is 0 Å². The van der Waals surface area contributed by atoms with Crippen molar-refractivity contribution in [3.05, 3.63) is 144 Å². The van der Waals surface area contributed by atoms with Gasteiger partial charge in [-0.15, -0.1) is 0 Å². The van der Waals surface area contributed by atoms with Crippen LogP contribution >= 0.6 is 0 Å². The monoisotopic (exact) mass is 568 g/mol. The molecule has 5 rings (SSSR count). The van der Waals surface area contributed by atoms with Crippen molar-refractivity contribution in [3.63, 3.8) is 0 Å². The molecule has 42 heavy (non-hydrogen) atoms. The number of hydrogen-bond acceptors (Lipinski definition) is 6. The zero-order valence-electron chi connectivity index (χ0n) is 23.9. The molecule has 0 aromatic heterocycles. The summed E-state index contributed by atoms with van der Waals surface area (Å²) in [5.74, 6) is 0. The van der Waals surface area contributed by atoms with Crippen LogP contribution in [0.25, 0.3) is 0 Å². The zero-order valence-corrected chi connectivity index (χ0v) is 23.9. The van der Waals surface area contributed by atoms with Crippen molar-refractivity contribution in [2.45, 2.75) is 63.4 Å². The maximum absolute atomic E-state index is 10.0. The van der Waals surface area contributed by atoms with E-state index < -0.39 is 30.5 Å². The molecule has 1 heterocycles. The standard InChI is InChI=1S/C36H40O6/c37-22-21-32-34(39-24-29-15-7-2-8-16-29)36(41-26-31-19-11-4-12-20-31)35(40-25-30-17-9-3-10-18-30)33(42-32)27-38-23-28-13-5-1-6-14-28/h1-20,32-37H,21-27H2/t32?,33-,34+,35-,36-/m1/s1. The van der Waals surface area contributed by atoms with Gasteiger partial charge in [0.2, 0.25) is 0 Å². The van der Waals surface area contributed by atoms with Crippen molar-refractivity contribution >= 4 is 0 Å². The fraction of sp³-hybridized carbons (Fsp3) is 0.333. The van der Waals surface area contributed by atoms with Crippen LogP contribution in [0, 0.1) is 0 Å². The van der Waals surface area contributed by atoms with E-state index in [2.05, 4.69) is 0 Å². The van der Waals surface area contributed by atoms with Gasteiger partial charge < -0.3 is 28.8 Å². The van der Waals surface area contributed by atoms with Crippen LogP contribution in [0.1, 0.15) is 28.7 Å². The highest BCUT2D eigenvalue weighted by Crippen LogP contribution is 2.32. The van der Waals surface area contributed by atoms with Crippen LogP contribution in [-0.4, -0.2) is 48.8 Å². The first-order valence-corrected chi connectivity index (χ1v) is 14.6. The van der Waals surface area contributed by atoms with Gasteiger partial charge in [0, 0.05) is 6.61 Å². The summed E-state index contributed by atoms with van der Waals surface area (Å²) in [6.45, 7) is 1.92. The van der Waals surface area contributed by atoms with Crippen LogP contribution in [0.2, 0.25) is 0 Å². The third-order valence-corrected chi connectivity index (χ3v) is 7.39. The zero-order chi connectivity index (χ0) is 28.8. The Hall–Kier alpha value is -3.36. The van der Waals surface area contributed by atoms with E-state index in [1.54, 1.807) is 0 Å². The van der Waals surface area contributed by atoms with Gasteiger partial charge in [0.05, 0.1) is 39.1 Å². The Kier molecular flexibility index (Phi) is 11.7. The highest BCUT2D eigenvalue weighted by atomic mass is 16.6. The molecule has 1 N–H and O–H groups in total. The van der Waals surface area contributed by atoms with Gasteiger partial charge in [-0.1, -0.05) is 121 Å². The lowest BCUT2D eigenvalue weighted by Gasteiger charge is -2.46. The van der Waals surface area contributed by atoms with Crippen LogP contribution in [0.15, 0.2) is 121 Å². The van der Waals surface area contributed by atoms with Crippen molar-refractivity contribution < 1.29 is 28.8 Å². The van der Waals surface area contributed by atoms with Crippen LogP contribution in [-0.2, 0) is 50.1 Å². The Morgan fingerprint density at radius 1 is 0.476 bits per heavy atom. The SMILES string of the molecule is OCCC1O[C@H](COCc2ccccc2)[C@@H](OCc2ccccc2)[C@H](OCc2ccccc2)[C@H]1OCc1ccccc1. The van der Waals surface area contributed by atoms with E-state index in [0.717, 1.165) is 22.3 Å². The second kappa shape index (κ2) is 16.3. The van der Waals surface area contributed by atoms with E-state index in [0.29, 0.717) is 39.5 Å². The first-order valence-electron chi connectivity index (χ1n) is 14.6. The van der Waals surface area contributed by atoms with Crippen LogP contribution in [0.5, 0.6) is 0 Å². The molecule has 1 unspecified atom stereocenters. The Morgan fingerprint density at radius 3 is 1.29 bits per heavy atom. The van der Waals surface area contributed by atoms with Crippen molar-refractivity contribution in [2.24, 2.45) is 0 Å². The summed E-state index contributed by atoms with van der Waals surface area (Å²) in [5, 5.41) is 10.0. The molecule has 5 atom stereocenters. The Morgan fingerprint density at radius 2 is 0.857 bits per heavy atom. The molecule has 220 valence electrons. The summed E-state index contributed by atoms with van der Waals surface area (Å²) in [5.41, 5.74) is 4.26. The molecule has 4 aromatic carbocycles. The van der Waals surface area contributed by atoms with Crippen molar-refractivity contribution in [2.75, 3.05) is 13.2 Å². The molecule has 6 nitrogen and oxygen atoms in total. The third-order valence-electron chi connectivity index (χ3n) is 7.39. The van der Waals surface area contributed by atoms with E-state index in [-0.39, 0.29) is 6.61 Å². The smallest absolute Gasteiger partial charge is 0.115 e. The van der Waals surface area contributed by atoms with Gasteiger partial charge in [0.25, 0.3) is 0 Å². The van der Waals surface area contributed by atoms with Crippen molar-refractivity contribution in [1.29, 1.82) is 0 Å². The van der Waals surface area contributed by atoms with Crippen LogP contribution in [0.3, 0.4) is 0 Å². The van der Waals surface area contributed by atoms with Gasteiger partial charge in [0.15, 0.2) is 0 Å². The molecule has 1 fully saturated rings. The molecule has 0 spiro atoms. The van der Waals surface area contributed by atoms with Gasteiger partial charge in [-0.05, 0) is 28.7 Å². The normalized spacial score (nSPS) is 22.2. The predicted octanol–water partition coefficient (Wildman–Crippen LogP) is 6.11. The topological polar surface area (TPSA) is 66.4 Å². The fourth-order valence-corrected chi connectivity index (χ4v) is 5.24. The molecule has 0 saturated carbocycles. The lowest BCUT2D eigenvalue weighted by Crippen LogP contribution is -2.61. The van der Waals surface area contributed by atoms with E-state index in [1.807, 2.05) is 121 Å². The molecular weight excluding hydrogens is 528 g/mol.